The van der Waals surface area contributed by atoms with Crippen molar-refractivity contribution in [2.75, 3.05) is 13.1 Å². The van der Waals surface area contributed by atoms with Gasteiger partial charge in [0.2, 0.25) is 5.91 Å². The highest BCUT2D eigenvalue weighted by atomic mass is 35.5. The number of carbonyl (C=O) groups is 1. The van der Waals surface area contributed by atoms with Gasteiger partial charge in [0.15, 0.2) is 0 Å². The quantitative estimate of drug-likeness (QED) is 0.895. The molecule has 19 heavy (non-hydrogen) atoms. The molecule has 1 aliphatic carbocycles. The Morgan fingerprint density at radius 2 is 2.00 bits per heavy atom. The second-order valence-electron chi connectivity index (χ2n) is 4.61. The van der Waals surface area contributed by atoms with Crippen molar-refractivity contribution >= 4 is 41.5 Å². The summed E-state index contributed by atoms with van der Waals surface area (Å²) in [4.78, 5) is 12.3. The Balaban J connectivity index is 0.00000180. The molecule has 0 aromatic heterocycles. The molecule has 1 amide bonds. The van der Waals surface area contributed by atoms with Gasteiger partial charge in [-0.2, -0.15) is 0 Å². The van der Waals surface area contributed by atoms with E-state index in [9.17, 15) is 4.79 Å². The fourth-order valence-corrected chi connectivity index (χ4v) is 2.62. The van der Waals surface area contributed by atoms with Crippen molar-refractivity contribution in [1.29, 1.82) is 0 Å². The highest BCUT2D eigenvalue weighted by Gasteiger charge is 2.45. The smallest absolute Gasteiger partial charge is 0.230 e. The number of nitrogens with one attached hydrogen (secondary N) is 1. The summed E-state index contributed by atoms with van der Waals surface area (Å²) >= 11 is 11.9. The second kappa shape index (κ2) is 6.80. The van der Waals surface area contributed by atoms with Gasteiger partial charge in [-0.1, -0.05) is 35.7 Å². The zero-order valence-electron chi connectivity index (χ0n) is 10.4. The van der Waals surface area contributed by atoms with Crippen LogP contribution in [0.25, 0.3) is 0 Å². The van der Waals surface area contributed by atoms with Crippen LogP contribution >= 0.6 is 35.6 Å². The average Bonchev–Trinajstić information content (AvgIpc) is 2.29. The third-order valence-corrected chi connectivity index (χ3v) is 4.28. The number of amides is 1. The standard InChI is InChI=1S/C13H16Cl2N2O.ClH/c14-10-3-2-9(8-11(10)15)13(4-1-5-13)12(18)17-7-6-16;/h2-3,8H,1,4-7,16H2,(H,17,18);1H. The monoisotopic (exact) mass is 322 g/mol. The first-order valence-corrected chi connectivity index (χ1v) is 6.79. The van der Waals surface area contributed by atoms with Crippen molar-refractivity contribution in [3.63, 3.8) is 0 Å². The molecule has 2 rings (SSSR count). The summed E-state index contributed by atoms with van der Waals surface area (Å²) < 4.78 is 0. The third-order valence-electron chi connectivity index (χ3n) is 3.54. The Hall–Kier alpha value is -0.480. The van der Waals surface area contributed by atoms with Crippen molar-refractivity contribution in [2.45, 2.75) is 24.7 Å². The van der Waals surface area contributed by atoms with Crippen molar-refractivity contribution in [3.05, 3.63) is 33.8 Å². The van der Waals surface area contributed by atoms with E-state index in [0.29, 0.717) is 23.1 Å². The van der Waals surface area contributed by atoms with Crippen molar-refractivity contribution in [1.82, 2.24) is 5.32 Å². The van der Waals surface area contributed by atoms with Crippen LogP contribution in [0.1, 0.15) is 24.8 Å². The van der Waals surface area contributed by atoms with E-state index in [-0.39, 0.29) is 18.3 Å². The molecule has 1 fully saturated rings. The van der Waals surface area contributed by atoms with Gasteiger partial charge in [-0.25, -0.2) is 0 Å². The molecule has 0 saturated heterocycles. The van der Waals surface area contributed by atoms with Gasteiger partial charge >= 0.3 is 0 Å². The first kappa shape index (κ1) is 16.6. The van der Waals surface area contributed by atoms with E-state index >= 15 is 0 Å². The van der Waals surface area contributed by atoms with E-state index in [1.165, 1.54) is 0 Å². The van der Waals surface area contributed by atoms with Crippen molar-refractivity contribution < 1.29 is 4.79 Å². The highest BCUT2D eigenvalue weighted by Crippen LogP contribution is 2.45. The number of nitrogens with two attached hydrogens (primary N) is 1. The molecule has 0 bridgehead atoms. The fraction of sp³-hybridized carbons (Fsp3) is 0.462. The zero-order valence-corrected chi connectivity index (χ0v) is 12.7. The van der Waals surface area contributed by atoms with Gasteiger partial charge in [0.1, 0.15) is 0 Å². The molecule has 0 atom stereocenters. The number of carbonyl (C=O) groups excluding carboxylic acids is 1. The minimum absolute atomic E-state index is 0. The molecule has 0 aliphatic heterocycles. The molecule has 0 unspecified atom stereocenters. The van der Waals surface area contributed by atoms with Crippen molar-refractivity contribution in [2.24, 2.45) is 5.73 Å². The van der Waals surface area contributed by atoms with Crippen molar-refractivity contribution in [3.8, 4) is 0 Å². The Morgan fingerprint density at radius 3 is 2.47 bits per heavy atom. The molecule has 1 aromatic carbocycles. The van der Waals surface area contributed by atoms with E-state index in [1.807, 2.05) is 6.07 Å². The first-order valence-electron chi connectivity index (χ1n) is 6.04. The molecule has 1 aliphatic rings. The van der Waals surface area contributed by atoms with Crippen LogP contribution in [0.15, 0.2) is 18.2 Å². The summed E-state index contributed by atoms with van der Waals surface area (Å²) in [7, 11) is 0. The van der Waals surface area contributed by atoms with Gasteiger partial charge in [0.05, 0.1) is 15.5 Å². The van der Waals surface area contributed by atoms with Gasteiger partial charge in [-0.15, -0.1) is 12.4 Å². The van der Waals surface area contributed by atoms with E-state index in [2.05, 4.69) is 5.32 Å². The largest absolute Gasteiger partial charge is 0.354 e. The van der Waals surface area contributed by atoms with Crippen LogP contribution in [0.4, 0.5) is 0 Å². The number of rotatable bonds is 4. The first-order chi connectivity index (χ1) is 8.60. The molecule has 3 N–H and O–H groups in total. The molecule has 3 nitrogen and oxygen atoms in total. The fourth-order valence-electron chi connectivity index (χ4n) is 2.33. The summed E-state index contributed by atoms with van der Waals surface area (Å²) in [6, 6.07) is 5.43. The minimum atomic E-state index is -0.441. The minimum Gasteiger partial charge on any atom is -0.354 e. The summed E-state index contributed by atoms with van der Waals surface area (Å²) in [5.74, 6) is 0.0394. The van der Waals surface area contributed by atoms with Crippen LogP contribution in [0, 0.1) is 0 Å². The van der Waals surface area contributed by atoms with Gasteiger partial charge in [-0.05, 0) is 30.5 Å². The lowest BCUT2D eigenvalue weighted by atomic mass is 9.64. The van der Waals surface area contributed by atoms with Crippen LogP contribution in [0.5, 0.6) is 0 Å². The van der Waals surface area contributed by atoms with E-state index < -0.39 is 5.41 Å². The number of hydrogen-bond acceptors (Lipinski definition) is 2. The van der Waals surface area contributed by atoms with Gasteiger partial charge in [-0.3, -0.25) is 4.79 Å². The van der Waals surface area contributed by atoms with Crippen LogP contribution in [-0.2, 0) is 10.2 Å². The number of benzene rings is 1. The van der Waals surface area contributed by atoms with Gasteiger partial charge < -0.3 is 11.1 Å². The molecular weight excluding hydrogens is 307 g/mol. The maximum atomic E-state index is 12.3. The number of hydrogen-bond donors (Lipinski definition) is 2. The Labute approximate surface area is 129 Å². The van der Waals surface area contributed by atoms with E-state index in [1.54, 1.807) is 12.1 Å². The molecule has 1 aromatic rings. The van der Waals surface area contributed by atoms with Crippen LogP contribution in [0.2, 0.25) is 10.0 Å². The lowest BCUT2D eigenvalue weighted by Crippen LogP contribution is -2.50. The topological polar surface area (TPSA) is 55.1 Å². The Bertz CT molecular complexity index is 461. The molecule has 0 heterocycles. The Kier molecular flexibility index (Phi) is 5.93. The summed E-state index contributed by atoms with van der Waals surface area (Å²) in [5, 5.41) is 3.87. The zero-order chi connectivity index (χ0) is 13.2. The van der Waals surface area contributed by atoms with Crippen LogP contribution in [-0.4, -0.2) is 19.0 Å². The Morgan fingerprint density at radius 1 is 1.32 bits per heavy atom. The lowest BCUT2D eigenvalue weighted by Gasteiger charge is -2.40. The molecule has 6 heteroatoms. The maximum absolute atomic E-state index is 12.3. The molecule has 0 spiro atoms. The number of halogens is 3. The van der Waals surface area contributed by atoms with Gasteiger partial charge in [0, 0.05) is 13.1 Å². The molecule has 0 radical (unpaired) electrons. The predicted molar refractivity (Wildman–Crippen MR) is 81.3 cm³/mol. The molecular formula is C13H17Cl3N2O. The van der Waals surface area contributed by atoms with Gasteiger partial charge in [0.25, 0.3) is 0 Å². The highest BCUT2D eigenvalue weighted by molar-refractivity contribution is 6.42. The second-order valence-corrected chi connectivity index (χ2v) is 5.42. The van der Waals surface area contributed by atoms with E-state index in [0.717, 1.165) is 24.8 Å². The van der Waals surface area contributed by atoms with Crippen LogP contribution in [0.3, 0.4) is 0 Å². The summed E-state index contributed by atoms with van der Waals surface area (Å²) in [5.41, 5.74) is 5.91. The summed E-state index contributed by atoms with van der Waals surface area (Å²) in [6.45, 7) is 0.950. The lowest BCUT2D eigenvalue weighted by molar-refractivity contribution is -0.129. The SMILES string of the molecule is Cl.NCCNC(=O)C1(c2ccc(Cl)c(Cl)c2)CCC1. The predicted octanol–water partition coefficient (Wildman–Crippen LogP) is 2.91. The van der Waals surface area contributed by atoms with Crippen LogP contribution < -0.4 is 11.1 Å². The maximum Gasteiger partial charge on any atom is 0.230 e. The molecule has 106 valence electrons. The summed E-state index contributed by atoms with van der Waals surface area (Å²) in [6.07, 6.45) is 2.75. The third kappa shape index (κ3) is 3.16. The normalized spacial score (nSPS) is 16.2. The average molecular weight is 324 g/mol. The van der Waals surface area contributed by atoms with E-state index in [4.69, 9.17) is 28.9 Å². The molecule has 1 saturated carbocycles.